The smallest absolute Gasteiger partial charge is 0.408 e. The molecule has 0 aliphatic rings. The van der Waals surface area contributed by atoms with Crippen molar-refractivity contribution in [1.82, 2.24) is 10.3 Å². The summed E-state index contributed by atoms with van der Waals surface area (Å²) in [5, 5.41) is 2.75. The lowest BCUT2D eigenvalue weighted by Crippen LogP contribution is -2.43. The standard InChI is InChI=1S/C20H22ClFN2O3/c1-19(2,3)27-18(26)24-20(4,5)13-9-14(11-25)23-17(10-13)12-6-7-16(22)15(21)8-12/h6-11H,1-5H3,(H,24,26). The highest BCUT2D eigenvalue weighted by Crippen LogP contribution is 2.28. The number of benzene rings is 1. The molecular weight excluding hydrogens is 371 g/mol. The van der Waals surface area contributed by atoms with Crippen LogP contribution in [0.4, 0.5) is 9.18 Å². The number of halogens is 2. The van der Waals surface area contributed by atoms with E-state index in [0.717, 1.165) is 0 Å². The number of aldehydes is 1. The molecule has 5 nitrogen and oxygen atoms in total. The molecule has 7 heteroatoms. The molecule has 1 N–H and O–H groups in total. The second-order valence-corrected chi connectivity index (χ2v) is 8.07. The van der Waals surface area contributed by atoms with Gasteiger partial charge in [0.25, 0.3) is 0 Å². The molecule has 1 amide bonds. The molecule has 0 radical (unpaired) electrons. The van der Waals surface area contributed by atoms with Crippen molar-refractivity contribution >= 4 is 24.0 Å². The molecule has 0 atom stereocenters. The van der Waals surface area contributed by atoms with E-state index in [1.807, 2.05) is 0 Å². The molecule has 144 valence electrons. The Hall–Kier alpha value is -2.47. The zero-order chi connectivity index (χ0) is 20.4. The van der Waals surface area contributed by atoms with Crippen LogP contribution >= 0.6 is 11.6 Å². The average molecular weight is 393 g/mol. The second-order valence-electron chi connectivity index (χ2n) is 7.66. The van der Waals surface area contributed by atoms with Crippen molar-refractivity contribution in [3.05, 3.63) is 52.4 Å². The van der Waals surface area contributed by atoms with Crippen molar-refractivity contribution in [2.45, 2.75) is 45.8 Å². The number of carbonyl (C=O) groups is 2. The number of carbonyl (C=O) groups excluding carboxylic acids is 2. The third kappa shape index (κ3) is 5.50. The largest absolute Gasteiger partial charge is 0.444 e. The van der Waals surface area contributed by atoms with Crippen molar-refractivity contribution in [2.24, 2.45) is 0 Å². The molecule has 0 saturated heterocycles. The summed E-state index contributed by atoms with van der Waals surface area (Å²) in [5.41, 5.74) is 0.335. The SMILES string of the molecule is CC(C)(C)OC(=O)NC(C)(C)c1cc(C=O)nc(-c2ccc(F)c(Cl)c2)c1. The van der Waals surface area contributed by atoms with Gasteiger partial charge in [-0.15, -0.1) is 0 Å². The Balaban J connectivity index is 2.42. The molecule has 1 aromatic carbocycles. The van der Waals surface area contributed by atoms with Crippen LogP contribution in [0.5, 0.6) is 0 Å². The fourth-order valence-corrected chi connectivity index (χ4v) is 2.59. The zero-order valence-corrected chi connectivity index (χ0v) is 16.6. The molecule has 1 heterocycles. The number of hydrogen-bond donors (Lipinski definition) is 1. The van der Waals surface area contributed by atoms with Gasteiger partial charge in [-0.05, 0) is 70.5 Å². The molecular formula is C20H22ClFN2O3. The molecule has 0 unspecified atom stereocenters. The normalized spacial score (nSPS) is 11.8. The summed E-state index contributed by atoms with van der Waals surface area (Å²) in [6.07, 6.45) is 0.0325. The lowest BCUT2D eigenvalue weighted by molar-refractivity contribution is 0.0470. The maximum atomic E-state index is 13.4. The van der Waals surface area contributed by atoms with Crippen LogP contribution in [0.2, 0.25) is 5.02 Å². The highest BCUT2D eigenvalue weighted by Gasteiger charge is 2.27. The number of hydrogen-bond acceptors (Lipinski definition) is 4. The Labute approximate surface area is 162 Å². The van der Waals surface area contributed by atoms with Gasteiger partial charge in [0.05, 0.1) is 16.3 Å². The van der Waals surface area contributed by atoms with Crippen molar-refractivity contribution in [3.63, 3.8) is 0 Å². The molecule has 0 aliphatic heterocycles. The van der Waals surface area contributed by atoms with Crippen molar-refractivity contribution < 1.29 is 18.7 Å². The van der Waals surface area contributed by atoms with Crippen LogP contribution in [0.25, 0.3) is 11.3 Å². The van der Waals surface area contributed by atoms with Crippen LogP contribution in [-0.4, -0.2) is 23.0 Å². The van der Waals surface area contributed by atoms with E-state index in [-0.39, 0.29) is 10.7 Å². The summed E-state index contributed by atoms with van der Waals surface area (Å²) in [6, 6.07) is 7.49. The van der Waals surface area contributed by atoms with Crippen LogP contribution in [0.15, 0.2) is 30.3 Å². The fourth-order valence-electron chi connectivity index (χ4n) is 2.41. The van der Waals surface area contributed by atoms with Gasteiger partial charge >= 0.3 is 6.09 Å². The highest BCUT2D eigenvalue weighted by molar-refractivity contribution is 6.31. The number of ether oxygens (including phenoxy) is 1. The first-order valence-corrected chi connectivity index (χ1v) is 8.73. The molecule has 0 aliphatic carbocycles. The van der Waals surface area contributed by atoms with Gasteiger partial charge in [-0.25, -0.2) is 14.2 Å². The second kappa shape index (κ2) is 7.64. The number of nitrogens with zero attached hydrogens (tertiary/aromatic N) is 1. The number of pyridine rings is 1. The van der Waals surface area contributed by atoms with E-state index in [1.54, 1.807) is 46.8 Å². The van der Waals surface area contributed by atoms with Gasteiger partial charge in [-0.3, -0.25) is 4.79 Å². The van der Waals surface area contributed by atoms with Crippen molar-refractivity contribution in [1.29, 1.82) is 0 Å². The quantitative estimate of drug-likeness (QED) is 0.734. The monoisotopic (exact) mass is 392 g/mol. The van der Waals surface area contributed by atoms with E-state index in [2.05, 4.69) is 10.3 Å². The maximum absolute atomic E-state index is 13.4. The lowest BCUT2D eigenvalue weighted by atomic mass is 9.93. The minimum atomic E-state index is -0.846. The molecule has 2 aromatic rings. The van der Waals surface area contributed by atoms with Gasteiger partial charge in [-0.1, -0.05) is 11.6 Å². The molecule has 0 spiro atoms. The number of alkyl carbamates (subject to hydrolysis) is 1. The van der Waals surface area contributed by atoms with Gasteiger partial charge in [-0.2, -0.15) is 0 Å². The van der Waals surface area contributed by atoms with Gasteiger partial charge < -0.3 is 10.1 Å². The van der Waals surface area contributed by atoms with Gasteiger partial charge in [0, 0.05) is 5.56 Å². The summed E-state index contributed by atoms with van der Waals surface area (Å²) in [7, 11) is 0. The number of amides is 1. The first-order valence-electron chi connectivity index (χ1n) is 8.35. The molecule has 0 saturated carbocycles. The van der Waals surface area contributed by atoms with Gasteiger partial charge in [0.2, 0.25) is 0 Å². The molecule has 27 heavy (non-hydrogen) atoms. The highest BCUT2D eigenvalue weighted by atomic mass is 35.5. The summed E-state index contributed by atoms with van der Waals surface area (Å²) < 4.78 is 18.7. The molecule has 1 aromatic heterocycles. The summed E-state index contributed by atoms with van der Waals surface area (Å²) in [4.78, 5) is 27.8. The first kappa shape index (κ1) is 20.8. The number of nitrogens with one attached hydrogen (secondary N) is 1. The van der Waals surface area contributed by atoms with E-state index in [0.29, 0.717) is 23.1 Å². The predicted octanol–water partition coefficient (Wildman–Crippen LogP) is 5.11. The molecule has 0 bridgehead atoms. The minimum absolute atomic E-state index is 0.0431. The number of rotatable bonds is 4. The third-order valence-electron chi connectivity index (χ3n) is 3.72. The van der Waals surface area contributed by atoms with Crippen molar-refractivity contribution in [2.75, 3.05) is 0 Å². The predicted molar refractivity (Wildman–Crippen MR) is 102 cm³/mol. The van der Waals surface area contributed by atoms with Crippen LogP contribution in [0.3, 0.4) is 0 Å². The fraction of sp³-hybridized carbons (Fsp3) is 0.350. The Morgan fingerprint density at radius 3 is 2.41 bits per heavy atom. The zero-order valence-electron chi connectivity index (χ0n) is 15.9. The summed E-state index contributed by atoms with van der Waals surface area (Å²) in [6.45, 7) is 8.87. The minimum Gasteiger partial charge on any atom is -0.444 e. The van der Waals surface area contributed by atoms with E-state index in [1.165, 1.54) is 18.2 Å². The van der Waals surface area contributed by atoms with Crippen molar-refractivity contribution in [3.8, 4) is 11.3 Å². The number of aromatic nitrogens is 1. The van der Waals surface area contributed by atoms with Gasteiger partial charge in [0.1, 0.15) is 17.1 Å². The Morgan fingerprint density at radius 2 is 1.85 bits per heavy atom. The van der Waals surface area contributed by atoms with E-state index < -0.39 is 23.1 Å². The topological polar surface area (TPSA) is 68.3 Å². The van der Waals surface area contributed by atoms with Crippen LogP contribution in [0.1, 0.15) is 50.7 Å². The Kier molecular flexibility index (Phi) is 5.90. The summed E-state index contributed by atoms with van der Waals surface area (Å²) in [5.74, 6) is -0.542. The van der Waals surface area contributed by atoms with Crippen LogP contribution < -0.4 is 5.32 Å². The maximum Gasteiger partial charge on any atom is 0.408 e. The molecule has 0 fully saturated rings. The Bertz CT molecular complexity index is 876. The van der Waals surface area contributed by atoms with E-state index >= 15 is 0 Å². The van der Waals surface area contributed by atoms with E-state index in [4.69, 9.17) is 16.3 Å². The lowest BCUT2D eigenvalue weighted by Gasteiger charge is -2.29. The van der Waals surface area contributed by atoms with E-state index in [9.17, 15) is 14.0 Å². The van der Waals surface area contributed by atoms with Gasteiger partial charge in [0.15, 0.2) is 6.29 Å². The van der Waals surface area contributed by atoms with Crippen LogP contribution in [0, 0.1) is 5.82 Å². The summed E-state index contributed by atoms with van der Waals surface area (Å²) >= 11 is 5.85. The first-order chi connectivity index (χ1) is 12.4. The molecule has 2 rings (SSSR count). The Morgan fingerprint density at radius 1 is 1.19 bits per heavy atom. The average Bonchev–Trinajstić information content (AvgIpc) is 2.54. The third-order valence-corrected chi connectivity index (χ3v) is 4.01. The van der Waals surface area contributed by atoms with Crippen LogP contribution in [-0.2, 0) is 10.3 Å².